The Morgan fingerprint density at radius 3 is 1.95 bits per heavy atom. The van der Waals surface area contributed by atoms with Crippen LogP contribution in [-0.4, -0.2) is 17.4 Å². The first kappa shape index (κ1) is 20.1. The molecule has 0 aliphatic rings. The first-order valence-corrected chi connectivity index (χ1v) is 13.6. The predicted molar refractivity (Wildman–Crippen MR) is 98.6 cm³/mol. The molecular formula is C17H38OSi2. The van der Waals surface area contributed by atoms with Gasteiger partial charge in [0.1, 0.15) is 0 Å². The van der Waals surface area contributed by atoms with Crippen LogP contribution in [0.5, 0.6) is 0 Å². The van der Waals surface area contributed by atoms with Crippen molar-refractivity contribution in [1.29, 1.82) is 0 Å². The van der Waals surface area contributed by atoms with Crippen LogP contribution >= 0.6 is 0 Å². The summed E-state index contributed by atoms with van der Waals surface area (Å²) in [5, 5.41) is 0. The summed E-state index contributed by atoms with van der Waals surface area (Å²) in [5.41, 5.74) is 0. The largest absolute Gasteiger partial charge is 0.457 e. The molecule has 0 aliphatic heterocycles. The molecule has 0 aromatic carbocycles. The van der Waals surface area contributed by atoms with Crippen LogP contribution in [0.3, 0.4) is 0 Å². The van der Waals surface area contributed by atoms with Gasteiger partial charge in [-0.1, -0.05) is 59.5 Å². The lowest BCUT2D eigenvalue weighted by Crippen LogP contribution is -2.41. The van der Waals surface area contributed by atoms with E-state index in [1.54, 1.807) is 0 Å². The number of rotatable bonds is 14. The summed E-state index contributed by atoms with van der Waals surface area (Å²) in [6.45, 7) is 13.2. The first-order chi connectivity index (χ1) is 9.67. The number of allylic oxidation sites excluding steroid dienone is 1. The van der Waals surface area contributed by atoms with Crippen LogP contribution in [0.15, 0.2) is 12.7 Å². The molecule has 0 bridgehead atoms. The average molecular weight is 315 g/mol. The van der Waals surface area contributed by atoms with E-state index >= 15 is 0 Å². The molecular weight excluding hydrogens is 276 g/mol. The Bertz CT molecular complexity index is 219. The average Bonchev–Trinajstić information content (AvgIpc) is 2.50. The second-order valence-electron chi connectivity index (χ2n) is 6.03. The molecule has 120 valence electrons. The van der Waals surface area contributed by atoms with Gasteiger partial charge in [-0.15, -0.1) is 6.58 Å². The molecule has 0 radical (unpaired) electrons. The normalized spacial score (nSPS) is 13.4. The summed E-state index contributed by atoms with van der Waals surface area (Å²) in [5.74, 6) is 0. The monoisotopic (exact) mass is 314 g/mol. The highest BCUT2D eigenvalue weighted by Gasteiger charge is 2.31. The van der Waals surface area contributed by atoms with Gasteiger partial charge in [-0.3, -0.25) is 0 Å². The maximum Gasteiger partial charge on any atom is 0.178 e. The van der Waals surface area contributed by atoms with Crippen molar-refractivity contribution >= 4 is 17.4 Å². The van der Waals surface area contributed by atoms with Crippen LogP contribution in [0, 0.1) is 0 Å². The van der Waals surface area contributed by atoms with Gasteiger partial charge in [0.2, 0.25) is 0 Å². The van der Waals surface area contributed by atoms with E-state index in [9.17, 15) is 0 Å². The standard InChI is InChI=1S/C17H38OSi2/c1-6-11-12-13-14-15-16-17-19(7-2)18-20(8-3,9-4)10-5/h6,19H,1,7-17H2,2-5H3. The van der Waals surface area contributed by atoms with Gasteiger partial charge in [-0.2, -0.15) is 0 Å². The Morgan fingerprint density at radius 2 is 1.45 bits per heavy atom. The zero-order chi connectivity index (χ0) is 15.3. The second-order valence-corrected chi connectivity index (χ2v) is 14.1. The van der Waals surface area contributed by atoms with Gasteiger partial charge < -0.3 is 4.12 Å². The number of hydrogen-bond donors (Lipinski definition) is 0. The smallest absolute Gasteiger partial charge is 0.178 e. The summed E-state index contributed by atoms with van der Waals surface area (Å²) < 4.78 is 6.74. The Morgan fingerprint density at radius 1 is 0.900 bits per heavy atom. The molecule has 0 saturated heterocycles. The van der Waals surface area contributed by atoms with Crippen molar-refractivity contribution in [3.05, 3.63) is 12.7 Å². The Balaban J connectivity index is 3.88. The molecule has 0 saturated carbocycles. The fourth-order valence-corrected chi connectivity index (χ4v) is 11.5. The van der Waals surface area contributed by atoms with Crippen LogP contribution in [0.1, 0.15) is 66.2 Å². The highest BCUT2D eigenvalue weighted by molar-refractivity contribution is 6.80. The van der Waals surface area contributed by atoms with Crippen LogP contribution in [0.25, 0.3) is 0 Å². The Labute approximate surface area is 131 Å². The van der Waals surface area contributed by atoms with E-state index in [0.717, 1.165) is 0 Å². The van der Waals surface area contributed by atoms with Crippen LogP contribution in [0.2, 0.25) is 30.2 Å². The maximum atomic E-state index is 6.74. The van der Waals surface area contributed by atoms with E-state index in [-0.39, 0.29) is 0 Å². The van der Waals surface area contributed by atoms with Crippen LogP contribution in [-0.2, 0) is 4.12 Å². The molecule has 0 rings (SSSR count). The topological polar surface area (TPSA) is 9.23 Å². The van der Waals surface area contributed by atoms with E-state index in [1.807, 2.05) is 6.08 Å². The number of unbranched alkanes of at least 4 members (excludes halogenated alkanes) is 5. The summed E-state index contributed by atoms with van der Waals surface area (Å²) in [4.78, 5) is 0. The minimum atomic E-state index is -1.34. The van der Waals surface area contributed by atoms with Gasteiger partial charge >= 0.3 is 0 Å². The quantitative estimate of drug-likeness (QED) is 0.208. The summed E-state index contributed by atoms with van der Waals surface area (Å²) in [6.07, 6.45) is 10.1. The highest BCUT2D eigenvalue weighted by atomic mass is 28.4. The van der Waals surface area contributed by atoms with E-state index < -0.39 is 17.4 Å². The fraction of sp³-hybridized carbons (Fsp3) is 0.882. The second kappa shape index (κ2) is 12.8. The van der Waals surface area contributed by atoms with Crippen molar-refractivity contribution in [2.75, 3.05) is 0 Å². The predicted octanol–water partition coefficient (Wildman–Crippen LogP) is 6.28. The molecule has 0 aromatic rings. The van der Waals surface area contributed by atoms with Gasteiger partial charge in [0.05, 0.1) is 0 Å². The minimum Gasteiger partial charge on any atom is -0.457 e. The van der Waals surface area contributed by atoms with Crippen LogP contribution in [0.4, 0.5) is 0 Å². The van der Waals surface area contributed by atoms with Gasteiger partial charge in [-0.05, 0) is 43.1 Å². The third-order valence-electron chi connectivity index (χ3n) is 4.74. The first-order valence-electron chi connectivity index (χ1n) is 8.96. The Hall–Kier alpha value is 0.134. The summed E-state index contributed by atoms with van der Waals surface area (Å²) in [6, 6.07) is 6.67. The maximum absolute atomic E-state index is 6.74. The van der Waals surface area contributed by atoms with Crippen molar-refractivity contribution in [1.82, 2.24) is 0 Å². The third kappa shape index (κ3) is 8.43. The molecule has 0 aromatic heterocycles. The van der Waals surface area contributed by atoms with E-state index in [4.69, 9.17) is 4.12 Å². The molecule has 0 amide bonds. The molecule has 0 spiro atoms. The van der Waals surface area contributed by atoms with Crippen molar-refractivity contribution in [3.8, 4) is 0 Å². The molecule has 1 unspecified atom stereocenters. The van der Waals surface area contributed by atoms with Crippen molar-refractivity contribution < 1.29 is 4.12 Å². The van der Waals surface area contributed by atoms with Gasteiger partial charge in [-0.25, -0.2) is 0 Å². The van der Waals surface area contributed by atoms with E-state index in [2.05, 4.69) is 34.3 Å². The van der Waals surface area contributed by atoms with Crippen molar-refractivity contribution in [2.45, 2.75) is 96.4 Å². The van der Waals surface area contributed by atoms with Gasteiger partial charge in [0, 0.05) is 0 Å². The molecule has 0 heterocycles. The molecule has 3 heteroatoms. The lowest BCUT2D eigenvalue weighted by Gasteiger charge is -2.33. The zero-order valence-electron chi connectivity index (χ0n) is 14.5. The summed E-state index contributed by atoms with van der Waals surface area (Å²) >= 11 is 0. The third-order valence-corrected chi connectivity index (χ3v) is 13.9. The molecule has 1 atom stereocenters. The molecule has 0 aliphatic carbocycles. The lowest BCUT2D eigenvalue weighted by molar-refractivity contribution is 0.531. The molecule has 1 nitrogen and oxygen atoms in total. The molecule has 20 heavy (non-hydrogen) atoms. The fourth-order valence-electron chi connectivity index (χ4n) is 2.89. The molecule has 0 fully saturated rings. The van der Waals surface area contributed by atoms with Crippen molar-refractivity contribution in [2.24, 2.45) is 0 Å². The Kier molecular flexibility index (Phi) is 12.9. The van der Waals surface area contributed by atoms with E-state index in [1.165, 1.54) is 68.7 Å². The SMILES string of the molecule is C=CCCCCCCC[SiH](CC)O[Si](CC)(CC)CC. The zero-order valence-corrected chi connectivity index (χ0v) is 16.7. The van der Waals surface area contributed by atoms with Gasteiger partial charge in [0.25, 0.3) is 0 Å². The van der Waals surface area contributed by atoms with E-state index in [0.29, 0.717) is 0 Å². The van der Waals surface area contributed by atoms with Crippen molar-refractivity contribution in [3.63, 3.8) is 0 Å². The summed E-state index contributed by atoms with van der Waals surface area (Å²) in [7, 11) is -2.25. The minimum absolute atomic E-state index is 0.910. The molecule has 0 N–H and O–H groups in total. The highest BCUT2D eigenvalue weighted by Crippen LogP contribution is 2.25. The number of hydrogen-bond acceptors (Lipinski definition) is 1. The van der Waals surface area contributed by atoms with Crippen LogP contribution < -0.4 is 0 Å². The van der Waals surface area contributed by atoms with Gasteiger partial charge in [0.15, 0.2) is 17.4 Å². The lowest BCUT2D eigenvalue weighted by atomic mass is 10.1.